The van der Waals surface area contributed by atoms with E-state index in [2.05, 4.69) is 46.5 Å². The molecule has 0 saturated heterocycles. The molecule has 104 valence electrons. The smallest absolute Gasteiger partial charge is 0.142 e. The highest BCUT2D eigenvalue weighted by molar-refractivity contribution is 9.10. The van der Waals surface area contributed by atoms with Gasteiger partial charge in [0.2, 0.25) is 0 Å². The Hall–Kier alpha value is -0.870. The van der Waals surface area contributed by atoms with Crippen LogP contribution in [0, 0.1) is 6.92 Å². The van der Waals surface area contributed by atoms with Crippen molar-refractivity contribution in [2.45, 2.75) is 51.5 Å². The second kappa shape index (κ2) is 7.06. The Labute approximate surface area is 123 Å². The van der Waals surface area contributed by atoms with Crippen LogP contribution in [0.4, 0.5) is 0 Å². The first kappa shape index (κ1) is 14.5. The lowest BCUT2D eigenvalue weighted by molar-refractivity contribution is 0.583. The molecule has 1 aliphatic rings. The van der Waals surface area contributed by atoms with E-state index < -0.39 is 0 Å². The van der Waals surface area contributed by atoms with Crippen LogP contribution in [-0.4, -0.2) is 11.9 Å². The van der Waals surface area contributed by atoms with E-state index in [1.54, 1.807) is 0 Å². The summed E-state index contributed by atoms with van der Waals surface area (Å²) in [6.45, 7) is 2.08. The molecule has 4 heteroatoms. The molecule has 3 N–H and O–H groups in total. The minimum Gasteiger partial charge on any atom is -0.308 e. The van der Waals surface area contributed by atoms with Crippen LogP contribution in [0.5, 0.6) is 0 Å². The SMILES string of the molecule is Cc1cc(Br)cc(C(=NC2CCCCCC2)NN)c1. The number of hydrazine groups is 1. The fraction of sp³-hybridized carbons (Fsp3) is 0.533. The van der Waals surface area contributed by atoms with Crippen molar-refractivity contribution in [2.75, 3.05) is 0 Å². The average Bonchev–Trinajstić information content (AvgIpc) is 2.63. The van der Waals surface area contributed by atoms with Crippen LogP contribution < -0.4 is 11.3 Å². The highest BCUT2D eigenvalue weighted by Gasteiger charge is 2.13. The number of aryl methyl sites for hydroxylation is 1. The second-order valence-electron chi connectivity index (χ2n) is 5.28. The summed E-state index contributed by atoms with van der Waals surface area (Å²) < 4.78 is 1.06. The van der Waals surface area contributed by atoms with Crippen LogP contribution in [-0.2, 0) is 0 Å². The number of amidine groups is 1. The molecule has 0 amide bonds. The van der Waals surface area contributed by atoms with Crippen LogP contribution in [0.2, 0.25) is 0 Å². The maximum Gasteiger partial charge on any atom is 0.142 e. The Morgan fingerprint density at radius 3 is 2.47 bits per heavy atom. The zero-order valence-electron chi connectivity index (χ0n) is 11.5. The van der Waals surface area contributed by atoms with Gasteiger partial charge in [0.1, 0.15) is 5.84 Å². The van der Waals surface area contributed by atoms with Crippen LogP contribution in [0.1, 0.15) is 49.7 Å². The molecular formula is C15H22BrN3. The topological polar surface area (TPSA) is 50.4 Å². The summed E-state index contributed by atoms with van der Waals surface area (Å²) in [5.41, 5.74) is 5.03. The van der Waals surface area contributed by atoms with Crippen molar-refractivity contribution in [2.24, 2.45) is 10.8 Å². The zero-order chi connectivity index (χ0) is 13.7. The van der Waals surface area contributed by atoms with E-state index in [0.717, 1.165) is 15.9 Å². The number of halogens is 1. The summed E-state index contributed by atoms with van der Waals surface area (Å²) in [5, 5.41) is 0. The molecule has 3 nitrogen and oxygen atoms in total. The Morgan fingerprint density at radius 2 is 1.89 bits per heavy atom. The largest absolute Gasteiger partial charge is 0.308 e. The van der Waals surface area contributed by atoms with E-state index in [4.69, 9.17) is 10.8 Å². The highest BCUT2D eigenvalue weighted by Crippen LogP contribution is 2.21. The van der Waals surface area contributed by atoms with E-state index in [-0.39, 0.29) is 0 Å². The number of rotatable bonds is 2. The van der Waals surface area contributed by atoms with Gasteiger partial charge in [0.05, 0.1) is 6.04 Å². The van der Waals surface area contributed by atoms with Gasteiger partial charge in [0.15, 0.2) is 0 Å². The predicted octanol–water partition coefficient (Wildman–Crippen LogP) is 3.69. The lowest BCUT2D eigenvalue weighted by atomic mass is 10.1. The molecule has 1 aromatic rings. The Morgan fingerprint density at radius 1 is 1.21 bits per heavy atom. The number of nitrogens with zero attached hydrogens (tertiary/aromatic N) is 1. The molecule has 0 radical (unpaired) electrons. The van der Waals surface area contributed by atoms with E-state index in [1.165, 1.54) is 44.1 Å². The molecular weight excluding hydrogens is 302 g/mol. The Balaban J connectivity index is 2.22. The van der Waals surface area contributed by atoms with Gasteiger partial charge in [-0.2, -0.15) is 0 Å². The molecule has 0 bridgehead atoms. The third-order valence-electron chi connectivity index (χ3n) is 3.59. The summed E-state index contributed by atoms with van der Waals surface area (Å²) in [6, 6.07) is 6.67. The lowest BCUT2D eigenvalue weighted by Crippen LogP contribution is -2.32. The van der Waals surface area contributed by atoms with Crippen molar-refractivity contribution in [3.8, 4) is 0 Å². The minimum atomic E-state index is 0.410. The Kier molecular flexibility index (Phi) is 5.40. The summed E-state index contributed by atoms with van der Waals surface area (Å²) >= 11 is 3.52. The molecule has 1 aliphatic carbocycles. The van der Waals surface area contributed by atoms with Gasteiger partial charge in [-0.1, -0.05) is 41.6 Å². The van der Waals surface area contributed by atoms with E-state index in [0.29, 0.717) is 6.04 Å². The third-order valence-corrected chi connectivity index (χ3v) is 4.05. The number of aliphatic imine (C=N–C) groups is 1. The van der Waals surface area contributed by atoms with Gasteiger partial charge in [0.25, 0.3) is 0 Å². The van der Waals surface area contributed by atoms with Crippen molar-refractivity contribution in [3.05, 3.63) is 33.8 Å². The molecule has 1 fully saturated rings. The molecule has 0 heterocycles. The zero-order valence-corrected chi connectivity index (χ0v) is 13.0. The Bertz CT molecular complexity index is 428. The molecule has 1 saturated carbocycles. The normalized spacial score (nSPS) is 18.2. The number of nitrogens with one attached hydrogen (secondary N) is 1. The van der Waals surface area contributed by atoms with Gasteiger partial charge in [-0.15, -0.1) is 0 Å². The fourth-order valence-corrected chi connectivity index (χ4v) is 3.25. The van der Waals surface area contributed by atoms with Crippen LogP contribution in [0.3, 0.4) is 0 Å². The standard InChI is InChI=1S/C15H22BrN3/c1-11-8-12(10-13(16)9-11)15(19-17)18-14-6-4-2-3-5-7-14/h8-10,14H,2-7,17H2,1H3,(H,18,19). The van der Waals surface area contributed by atoms with Gasteiger partial charge in [0, 0.05) is 10.0 Å². The van der Waals surface area contributed by atoms with Gasteiger partial charge < -0.3 is 5.43 Å². The van der Waals surface area contributed by atoms with E-state index in [9.17, 15) is 0 Å². The minimum absolute atomic E-state index is 0.410. The first-order valence-electron chi connectivity index (χ1n) is 7.01. The molecule has 0 spiro atoms. The van der Waals surface area contributed by atoms with Crippen LogP contribution in [0.15, 0.2) is 27.7 Å². The first-order chi connectivity index (χ1) is 9.19. The van der Waals surface area contributed by atoms with Crippen LogP contribution in [0.25, 0.3) is 0 Å². The molecule has 2 rings (SSSR count). The molecule has 0 atom stereocenters. The maximum absolute atomic E-state index is 5.67. The van der Waals surface area contributed by atoms with Gasteiger partial charge in [-0.3, -0.25) is 4.99 Å². The van der Waals surface area contributed by atoms with Gasteiger partial charge in [-0.25, -0.2) is 5.84 Å². The highest BCUT2D eigenvalue weighted by atomic mass is 79.9. The van der Waals surface area contributed by atoms with Crippen LogP contribution >= 0.6 is 15.9 Å². The van der Waals surface area contributed by atoms with Crippen molar-refractivity contribution in [1.29, 1.82) is 0 Å². The first-order valence-corrected chi connectivity index (χ1v) is 7.80. The second-order valence-corrected chi connectivity index (χ2v) is 6.20. The molecule has 1 aromatic carbocycles. The third kappa shape index (κ3) is 4.32. The fourth-order valence-electron chi connectivity index (χ4n) is 2.64. The lowest BCUT2D eigenvalue weighted by Gasteiger charge is -2.13. The van der Waals surface area contributed by atoms with Crippen molar-refractivity contribution in [3.63, 3.8) is 0 Å². The molecule has 0 unspecified atom stereocenters. The number of hydrogen-bond acceptors (Lipinski definition) is 2. The quantitative estimate of drug-likeness (QED) is 0.287. The molecule has 19 heavy (non-hydrogen) atoms. The number of nitrogens with two attached hydrogens (primary N) is 1. The van der Waals surface area contributed by atoms with Crippen molar-refractivity contribution in [1.82, 2.24) is 5.43 Å². The monoisotopic (exact) mass is 323 g/mol. The van der Waals surface area contributed by atoms with E-state index in [1.807, 2.05) is 0 Å². The van der Waals surface area contributed by atoms with Gasteiger partial charge >= 0.3 is 0 Å². The van der Waals surface area contributed by atoms with Gasteiger partial charge in [-0.05, 0) is 43.5 Å². The average molecular weight is 324 g/mol. The summed E-state index contributed by atoms with van der Waals surface area (Å²) in [5.74, 6) is 6.47. The van der Waals surface area contributed by atoms with Crippen molar-refractivity contribution < 1.29 is 0 Å². The summed E-state index contributed by atoms with van der Waals surface area (Å²) in [6.07, 6.45) is 7.60. The summed E-state index contributed by atoms with van der Waals surface area (Å²) in [7, 11) is 0. The number of benzene rings is 1. The molecule has 0 aromatic heterocycles. The van der Waals surface area contributed by atoms with Crippen molar-refractivity contribution >= 4 is 21.8 Å². The summed E-state index contributed by atoms with van der Waals surface area (Å²) in [4.78, 5) is 4.83. The predicted molar refractivity (Wildman–Crippen MR) is 84.2 cm³/mol. The molecule has 0 aliphatic heterocycles. The maximum atomic E-state index is 5.67. The number of hydrogen-bond donors (Lipinski definition) is 2. The van der Waals surface area contributed by atoms with E-state index >= 15 is 0 Å².